The van der Waals surface area contributed by atoms with Crippen LogP contribution in [0.5, 0.6) is 0 Å². The normalized spacial score (nSPS) is 29.7. The van der Waals surface area contributed by atoms with Gasteiger partial charge in [0.2, 0.25) is 0 Å². The van der Waals surface area contributed by atoms with Crippen LogP contribution >= 0.6 is 0 Å². The Kier molecular flexibility index (Phi) is 4.87. The lowest BCUT2D eigenvalue weighted by Gasteiger charge is -2.30. The van der Waals surface area contributed by atoms with Gasteiger partial charge in [0.15, 0.2) is 0 Å². The second-order valence-corrected chi connectivity index (χ2v) is 5.99. The Balaban J connectivity index is 1.69. The fourth-order valence-corrected chi connectivity index (χ4v) is 3.07. The first kappa shape index (κ1) is 13.7. The second kappa shape index (κ2) is 6.41. The van der Waals surface area contributed by atoms with Gasteiger partial charge in [0, 0.05) is 18.7 Å². The van der Waals surface area contributed by atoms with Crippen molar-refractivity contribution in [3.63, 3.8) is 0 Å². The van der Waals surface area contributed by atoms with Gasteiger partial charge in [0.25, 0.3) is 0 Å². The SMILES string of the molecule is C[C@H](CCO)NC(=O)NC1CCCC(C2CC2)C1. The third kappa shape index (κ3) is 4.16. The maximum absolute atomic E-state index is 11.8. The van der Waals surface area contributed by atoms with E-state index in [1.165, 1.54) is 25.7 Å². The second-order valence-electron chi connectivity index (χ2n) is 5.99. The molecule has 0 saturated heterocycles. The molecule has 104 valence electrons. The van der Waals surface area contributed by atoms with Crippen LogP contribution in [0.25, 0.3) is 0 Å². The number of amides is 2. The molecule has 2 amide bonds. The van der Waals surface area contributed by atoms with Crippen molar-refractivity contribution < 1.29 is 9.90 Å². The Hall–Kier alpha value is -0.770. The number of hydrogen-bond acceptors (Lipinski definition) is 2. The zero-order chi connectivity index (χ0) is 13.0. The third-order valence-electron chi connectivity index (χ3n) is 4.28. The first-order valence-electron chi connectivity index (χ1n) is 7.37. The number of aliphatic hydroxyl groups is 1. The van der Waals surface area contributed by atoms with Crippen molar-refractivity contribution in [2.75, 3.05) is 6.61 Å². The van der Waals surface area contributed by atoms with E-state index in [2.05, 4.69) is 10.6 Å². The molecule has 2 aliphatic rings. The van der Waals surface area contributed by atoms with E-state index < -0.39 is 0 Å². The summed E-state index contributed by atoms with van der Waals surface area (Å²) in [6, 6.07) is 0.320. The van der Waals surface area contributed by atoms with E-state index in [4.69, 9.17) is 5.11 Å². The molecule has 0 aliphatic heterocycles. The molecule has 2 fully saturated rings. The van der Waals surface area contributed by atoms with Gasteiger partial charge in [0.05, 0.1) is 0 Å². The van der Waals surface area contributed by atoms with E-state index in [1.54, 1.807) is 0 Å². The highest BCUT2D eigenvalue weighted by Crippen LogP contribution is 2.43. The molecule has 0 aromatic carbocycles. The van der Waals surface area contributed by atoms with Gasteiger partial charge < -0.3 is 15.7 Å². The van der Waals surface area contributed by atoms with Crippen LogP contribution in [0.3, 0.4) is 0 Å². The molecule has 2 saturated carbocycles. The lowest BCUT2D eigenvalue weighted by Crippen LogP contribution is -2.47. The highest BCUT2D eigenvalue weighted by atomic mass is 16.3. The number of rotatable bonds is 5. The lowest BCUT2D eigenvalue weighted by atomic mass is 9.83. The third-order valence-corrected chi connectivity index (χ3v) is 4.28. The number of carbonyl (C=O) groups excluding carboxylic acids is 1. The summed E-state index contributed by atoms with van der Waals surface area (Å²) in [6.07, 6.45) is 8.29. The Bertz CT molecular complexity index is 279. The molecule has 4 nitrogen and oxygen atoms in total. The largest absolute Gasteiger partial charge is 0.396 e. The quantitative estimate of drug-likeness (QED) is 0.703. The molecule has 0 radical (unpaired) electrons. The monoisotopic (exact) mass is 254 g/mol. The molecule has 18 heavy (non-hydrogen) atoms. The topological polar surface area (TPSA) is 61.4 Å². The van der Waals surface area contributed by atoms with E-state index in [0.717, 1.165) is 24.7 Å². The molecule has 2 unspecified atom stereocenters. The van der Waals surface area contributed by atoms with Gasteiger partial charge in [-0.3, -0.25) is 0 Å². The summed E-state index contributed by atoms with van der Waals surface area (Å²) in [6.45, 7) is 2.04. The van der Waals surface area contributed by atoms with Gasteiger partial charge in [-0.2, -0.15) is 0 Å². The number of aliphatic hydroxyl groups excluding tert-OH is 1. The average molecular weight is 254 g/mol. The number of hydrogen-bond donors (Lipinski definition) is 3. The van der Waals surface area contributed by atoms with Gasteiger partial charge in [-0.05, 0) is 50.9 Å². The smallest absolute Gasteiger partial charge is 0.315 e. The highest BCUT2D eigenvalue weighted by Gasteiger charge is 2.35. The summed E-state index contributed by atoms with van der Waals surface area (Å²) >= 11 is 0. The van der Waals surface area contributed by atoms with E-state index >= 15 is 0 Å². The van der Waals surface area contributed by atoms with E-state index in [1.807, 2.05) is 6.92 Å². The molecule has 0 aromatic rings. The molecule has 2 aliphatic carbocycles. The zero-order valence-corrected chi connectivity index (χ0v) is 11.3. The van der Waals surface area contributed by atoms with Crippen molar-refractivity contribution >= 4 is 6.03 Å². The molecule has 2 rings (SSSR count). The molecule has 0 spiro atoms. The van der Waals surface area contributed by atoms with Gasteiger partial charge in [-0.1, -0.05) is 12.8 Å². The van der Waals surface area contributed by atoms with Gasteiger partial charge in [0.1, 0.15) is 0 Å². The number of nitrogens with one attached hydrogen (secondary N) is 2. The summed E-state index contributed by atoms with van der Waals surface area (Å²) in [7, 11) is 0. The number of carbonyl (C=O) groups is 1. The Labute approximate surface area is 110 Å². The Morgan fingerprint density at radius 1 is 1.28 bits per heavy atom. The minimum absolute atomic E-state index is 0.0396. The highest BCUT2D eigenvalue weighted by molar-refractivity contribution is 5.74. The van der Waals surface area contributed by atoms with Crippen molar-refractivity contribution in [3.8, 4) is 0 Å². The van der Waals surface area contributed by atoms with Crippen LogP contribution in [0.4, 0.5) is 4.79 Å². The molecule has 3 N–H and O–H groups in total. The summed E-state index contributed by atoms with van der Waals surface area (Å²) < 4.78 is 0. The van der Waals surface area contributed by atoms with Crippen LogP contribution in [0, 0.1) is 11.8 Å². The molecular weight excluding hydrogens is 228 g/mol. The standard InChI is InChI=1S/C14H26N2O2/c1-10(7-8-17)15-14(18)16-13-4-2-3-12(9-13)11-5-6-11/h10-13,17H,2-9H2,1H3,(H2,15,16,18)/t10-,12?,13?/m1/s1. The molecule has 4 heteroatoms. The maximum Gasteiger partial charge on any atom is 0.315 e. The summed E-state index contributed by atoms with van der Waals surface area (Å²) in [4.78, 5) is 11.8. The average Bonchev–Trinajstić information content (AvgIpc) is 3.13. The Morgan fingerprint density at radius 2 is 2.06 bits per heavy atom. The summed E-state index contributed by atoms with van der Waals surface area (Å²) in [5.74, 6) is 1.80. The molecular formula is C14H26N2O2. The van der Waals surface area contributed by atoms with Crippen LogP contribution < -0.4 is 10.6 Å². The first-order chi connectivity index (χ1) is 8.69. The summed E-state index contributed by atoms with van der Waals surface area (Å²) in [5.41, 5.74) is 0. The zero-order valence-electron chi connectivity index (χ0n) is 11.3. The summed E-state index contributed by atoms with van der Waals surface area (Å²) in [5, 5.41) is 14.8. The molecule has 0 aromatic heterocycles. The van der Waals surface area contributed by atoms with Crippen molar-refractivity contribution in [3.05, 3.63) is 0 Å². The van der Waals surface area contributed by atoms with Crippen LogP contribution in [0.2, 0.25) is 0 Å². The minimum atomic E-state index is -0.0719. The number of urea groups is 1. The van der Waals surface area contributed by atoms with Crippen molar-refractivity contribution in [2.45, 2.75) is 64.0 Å². The van der Waals surface area contributed by atoms with Crippen LogP contribution in [-0.4, -0.2) is 29.8 Å². The van der Waals surface area contributed by atoms with Crippen molar-refractivity contribution in [1.29, 1.82) is 0 Å². The van der Waals surface area contributed by atoms with Crippen molar-refractivity contribution in [2.24, 2.45) is 11.8 Å². The van der Waals surface area contributed by atoms with E-state index in [-0.39, 0.29) is 18.7 Å². The van der Waals surface area contributed by atoms with Crippen LogP contribution in [0.1, 0.15) is 51.9 Å². The van der Waals surface area contributed by atoms with Crippen LogP contribution in [0.15, 0.2) is 0 Å². The minimum Gasteiger partial charge on any atom is -0.396 e. The van der Waals surface area contributed by atoms with E-state index in [0.29, 0.717) is 12.5 Å². The fraction of sp³-hybridized carbons (Fsp3) is 0.929. The van der Waals surface area contributed by atoms with Gasteiger partial charge in [-0.15, -0.1) is 0 Å². The molecule has 3 atom stereocenters. The maximum atomic E-state index is 11.8. The lowest BCUT2D eigenvalue weighted by molar-refractivity contribution is 0.214. The van der Waals surface area contributed by atoms with Crippen LogP contribution in [-0.2, 0) is 0 Å². The molecule has 0 bridgehead atoms. The molecule has 0 heterocycles. The predicted molar refractivity (Wildman–Crippen MR) is 71.3 cm³/mol. The van der Waals surface area contributed by atoms with E-state index in [9.17, 15) is 4.79 Å². The Morgan fingerprint density at radius 3 is 2.72 bits per heavy atom. The predicted octanol–water partition coefficient (Wildman–Crippen LogP) is 2.03. The first-order valence-corrected chi connectivity index (χ1v) is 7.37. The van der Waals surface area contributed by atoms with Gasteiger partial charge in [-0.25, -0.2) is 4.79 Å². The van der Waals surface area contributed by atoms with Gasteiger partial charge >= 0.3 is 6.03 Å². The fourth-order valence-electron chi connectivity index (χ4n) is 3.07. The van der Waals surface area contributed by atoms with Crippen molar-refractivity contribution in [1.82, 2.24) is 10.6 Å².